The number of carbonyl (C=O) groups excluding carboxylic acids is 1. The highest BCUT2D eigenvalue weighted by Crippen LogP contribution is 2.31. The summed E-state index contributed by atoms with van der Waals surface area (Å²) in [4.78, 5) is 32.8. The van der Waals surface area contributed by atoms with Crippen molar-refractivity contribution in [3.8, 4) is 11.1 Å². The Morgan fingerprint density at radius 2 is 1.49 bits per heavy atom. The molecule has 2 N–H and O–H groups in total. The summed E-state index contributed by atoms with van der Waals surface area (Å²) in [6.07, 6.45) is 4.34. The van der Waals surface area contributed by atoms with Crippen LogP contribution in [0.25, 0.3) is 11.1 Å². The summed E-state index contributed by atoms with van der Waals surface area (Å²) in [6, 6.07) is 36.7. The van der Waals surface area contributed by atoms with Gasteiger partial charge in [-0.25, -0.2) is 13.1 Å². The van der Waals surface area contributed by atoms with E-state index in [1.54, 1.807) is 23.9 Å². The highest BCUT2D eigenvalue weighted by molar-refractivity contribution is 7.99. The fourth-order valence-corrected chi connectivity index (χ4v) is 9.75. The van der Waals surface area contributed by atoms with E-state index >= 15 is 0 Å². The lowest BCUT2D eigenvalue weighted by atomic mass is 9.99. The van der Waals surface area contributed by atoms with E-state index in [4.69, 9.17) is 11.6 Å². The standard InChI is InChI=1S/C45H49ClN6O5S2/c46-37-17-13-34(14-18-37)42-12-6-5-9-36(42)32-50-27-29-51(30-28-50)39-19-15-35(16-20-39)45(53)48-59(56,57)41-21-22-43(44(31-41)52(54)55)47-38(23-26-49-24-7-2-8-25-49)33-58-40-10-3-1-4-11-40/h1,3-6,9-22,31,38,47H,2,7-8,23-30,32-33H2,(H,48,53)/t38-/m1/s1. The lowest BCUT2D eigenvalue weighted by molar-refractivity contribution is -0.384. The normalized spacial score (nSPS) is 15.7. The number of thioether (sulfide) groups is 1. The summed E-state index contributed by atoms with van der Waals surface area (Å²) in [5, 5.41) is 16.4. The van der Waals surface area contributed by atoms with Gasteiger partial charge in [-0.1, -0.05) is 72.6 Å². The number of piperidine rings is 1. The molecule has 14 heteroatoms. The molecule has 2 heterocycles. The largest absolute Gasteiger partial charge is 0.376 e. The Kier molecular flexibility index (Phi) is 14.2. The Morgan fingerprint density at radius 1 is 0.797 bits per heavy atom. The van der Waals surface area contributed by atoms with Gasteiger partial charge in [-0.2, -0.15) is 0 Å². The molecule has 2 saturated heterocycles. The smallest absolute Gasteiger partial charge is 0.293 e. The summed E-state index contributed by atoms with van der Waals surface area (Å²) in [5.41, 5.74) is 4.52. The third-order valence-electron chi connectivity index (χ3n) is 10.9. The topological polar surface area (TPSA) is 128 Å². The number of nitrogens with zero attached hydrogens (tertiary/aromatic N) is 4. The van der Waals surface area contributed by atoms with Gasteiger partial charge in [0, 0.05) is 78.3 Å². The third-order valence-corrected chi connectivity index (χ3v) is 13.7. The number of hydrogen-bond donors (Lipinski definition) is 2. The van der Waals surface area contributed by atoms with Gasteiger partial charge in [0.15, 0.2) is 0 Å². The average Bonchev–Trinajstić information content (AvgIpc) is 3.26. The maximum Gasteiger partial charge on any atom is 0.293 e. The van der Waals surface area contributed by atoms with Crippen molar-refractivity contribution in [2.24, 2.45) is 0 Å². The van der Waals surface area contributed by atoms with Crippen LogP contribution in [-0.4, -0.2) is 86.7 Å². The number of anilines is 2. The van der Waals surface area contributed by atoms with Crippen LogP contribution in [0.1, 0.15) is 41.6 Å². The maximum atomic E-state index is 13.5. The van der Waals surface area contributed by atoms with Crippen molar-refractivity contribution in [3.05, 3.63) is 148 Å². The molecule has 2 aliphatic heterocycles. The summed E-state index contributed by atoms with van der Waals surface area (Å²) in [7, 11) is -4.43. The second-order valence-electron chi connectivity index (χ2n) is 15.0. The number of rotatable bonds is 16. The van der Waals surface area contributed by atoms with E-state index in [1.165, 1.54) is 42.5 Å². The number of likely N-dealkylation sites (tertiary alicyclic amines) is 1. The predicted octanol–water partition coefficient (Wildman–Crippen LogP) is 8.80. The van der Waals surface area contributed by atoms with Crippen LogP contribution >= 0.6 is 23.4 Å². The van der Waals surface area contributed by atoms with Crippen molar-refractivity contribution >= 4 is 56.4 Å². The van der Waals surface area contributed by atoms with Crippen LogP contribution in [-0.2, 0) is 16.6 Å². The first-order chi connectivity index (χ1) is 28.6. The van der Waals surface area contributed by atoms with Gasteiger partial charge < -0.3 is 15.1 Å². The first kappa shape index (κ1) is 42.2. The lowest BCUT2D eigenvalue weighted by Gasteiger charge is -2.36. The van der Waals surface area contributed by atoms with Gasteiger partial charge >= 0.3 is 0 Å². The van der Waals surface area contributed by atoms with Gasteiger partial charge in [0.05, 0.1) is 9.82 Å². The summed E-state index contributed by atoms with van der Waals surface area (Å²) >= 11 is 7.79. The van der Waals surface area contributed by atoms with Gasteiger partial charge in [-0.05, 0) is 110 Å². The molecule has 0 aromatic heterocycles. The number of piperazine rings is 1. The number of hydrogen-bond acceptors (Lipinski definition) is 10. The Labute approximate surface area is 356 Å². The van der Waals surface area contributed by atoms with E-state index < -0.39 is 20.9 Å². The average molecular weight is 854 g/mol. The van der Waals surface area contributed by atoms with Gasteiger partial charge in [0.1, 0.15) is 5.69 Å². The van der Waals surface area contributed by atoms with Crippen LogP contribution in [0.4, 0.5) is 17.1 Å². The Bertz CT molecular complexity index is 2300. The maximum absolute atomic E-state index is 13.5. The molecule has 0 bridgehead atoms. The molecule has 2 fully saturated rings. The Morgan fingerprint density at radius 3 is 2.20 bits per heavy atom. The van der Waals surface area contributed by atoms with Gasteiger partial charge in [-0.3, -0.25) is 19.8 Å². The molecule has 1 atom stereocenters. The molecule has 2 aliphatic rings. The van der Waals surface area contributed by atoms with Crippen LogP contribution in [0.15, 0.2) is 131 Å². The summed E-state index contributed by atoms with van der Waals surface area (Å²) < 4.78 is 29.0. The molecular weight excluding hydrogens is 804 g/mol. The number of nitro groups is 1. The van der Waals surface area contributed by atoms with Gasteiger partial charge in [0.2, 0.25) is 0 Å². The zero-order chi connectivity index (χ0) is 41.2. The molecular formula is C45H49ClN6O5S2. The van der Waals surface area contributed by atoms with Crippen LogP contribution in [0.5, 0.6) is 0 Å². The number of halogens is 1. The molecule has 0 unspecified atom stereocenters. The van der Waals surface area contributed by atoms with Crippen molar-refractivity contribution in [1.29, 1.82) is 0 Å². The fourth-order valence-electron chi connectivity index (χ4n) is 7.64. The second-order valence-corrected chi connectivity index (χ2v) is 18.2. The second kappa shape index (κ2) is 19.9. The minimum absolute atomic E-state index is 0.113. The van der Waals surface area contributed by atoms with Crippen molar-refractivity contribution in [3.63, 3.8) is 0 Å². The van der Waals surface area contributed by atoms with Crippen LogP contribution in [0.2, 0.25) is 5.02 Å². The molecule has 1 amide bonds. The predicted molar refractivity (Wildman–Crippen MR) is 238 cm³/mol. The van der Waals surface area contributed by atoms with Crippen molar-refractivity contribution in [2.75, 3.05) is 61.8 Å². The number of sulfonamides is 1. The molecule has 0 saturated carbocycles. The number of benzene rings is 5. The number of nitrogens with one attached hydrogen (secondary N) is 2. The third kappa shape index (κ3) is 11.4. The monoisotopic (exact) mass is 852 g/mol. The molecule has 0 spiro atoms. The molecule has 5 aromatic rings. The molecule has 0 radical (unpaired) electrons. The highest BCUT2D eigenvalue weighted by atomic mass is 35.5. The molecule has 11 nitrogen and oxygen atoms in total. The van der Waals surface area contributed by atoms with Crippen molar-refractivity contribution < 1.29 is 18.1 Å². The Balaban J connectivity index is 0.958. The van der Waals surface area contributed by atoms with E-state index in [-0.39, 0.29) is 27.9 Å². The summed E-state index contributed by atoms with van der Waals surface area (Å²) in [5.74, 6) is -0.151. The highest BCUT2D eigenvalue weighted by Gasteiger charge is 2.26. The van der Waals surface area contributed by atoms with E-state index in [0.717, 1.165) is 81.0 Å². The molecule has 0 aliphatic carbocycles. The molecule has 59 heavy (non-hydrogen) atoms. The number of nitro benzene ring substituents is 1. The number of amides is 1. The van der Waals surface area contributed by atoms with Crippen molar-refractivity contribution in [2.45, 2.75) is 48.1 Å². The SMILES string of the molecule is O=C(NS(=O)(=O)c1ccc(N[C@H](CCN2CCCCC2)CSc2ccccc2)c([N+](=O)[O-])c1)c1ccc(N2CCN(Cc3ccccc3-c3ccc(Cl)cc3)CC2)cc1. The van der Waals surface area contributed by atoms with Crippen molar-refractivity contribution in [1.82, 2.24) is 14.5 Å². The fraction of sp³-hybridized carbons (Fsp3) is 0.311. The number of carbonyl (C=O) groups is 1. The van der Waals surface area contributed by atoms with Crippen LogP contribution < -0.4 is 14.9 Å². The van der Waals surface area contributed by atoms with E-state index in [2.05, 4.69) is 42.9 Å². The van der Waals surface area contributed by atoms with E-state index in [9.17, 15) is 23.3 Å². The summed E-state index contributed by atoms with van der Waals surface area (Å²) in [6.45, 7) is 7.04. The minimum Gasteiger partial charge on any atom is -0.376 e. The van der Waals surface area contributed by atoms with E-state index in [0.29, 0.717) is 10.8 Å². The molecule has 5 aromatic carbocycles. The molecule has 7 rings (SSSR count). The van der Waals surface area contributed by atoms with Gasteiger partial charge in [0.25, 0.3) is 21.6 Å². The lowest BCUT2D eigenvalue weighted by Crippen LogP contribution is -2.46. The Hall–Kier alpha value is -4.92. The first-order valence-corrected chi connectivity index (χ1v) is 22.9. The van der Waals surface area contributed by atoms with Crippen LogP contribution in [0, 0.1) is 10.1 Å². The van der Waals surface area contributed by atoms with Crippen LogP contribution in [0.3, 0.4) is 0 Å². The van der Waals surface area contributed by atoms with E-state index in [1.807, 2.05) is 72.8 Å². The van der Waals surface area contributed by atoms with Gasteiger partial charge in [-0.15, -0.1) is 11.8 Å². The first-order valence-electron chi connectivity index (χ1n) is 20.0. The zero-order valence-corrected chi connectivity index (χ0v) is 35.2. The minimum atomic E-state index is -4.43. The molecule has 308 valence electrons. The quantitative estimate of drug-likeness (QED) is 0.0565. The zero-order valence-electron chi connectivity index (χ0n) is 32.8.